The molecule has 0 radical (unpaired) electrons. The molecule has 0 aliphatic carbocycles. The van der Waals surface area contributed by atoms with Crippen LogP contribution in [0.5, 0.6) is 0 Å². The third-order valence-electron chi connectivity index (χ3n) is 2.98. The number of ether oxygens (including phenoxy) is 1. The molecule has 0 saturated heterocycles. The van der Waals surface area contributed by atoms with Crippen molar-refractivity contribution in [2.75, 3.05) is 7.11 Å². The third kappa shape index (κ3) is 5.83. The van der Waals surface area contributed by atoms with E-state index in [2.05, 4.69) is 11.7 Å². The molecule has 0 spiro atoms. The average molecular weight is 276 g/mol. The van der Waals surface area contributed by atoms with Crippen LogP contribution in [0.15, 0.2) is 42.5 Å². The van der Waals surface area contributed by atoms with E-state index in [4.69, 9.17) is 0 Å². The average Bonchev–Trinajstić information content (AvgIpc) is 2.45. The SMILES string of the molecule is CCCCCC(=CC=CC(=O)OC)c1cccc(F)c1. The molecule has 2 nitrogen and oxygen atoms in total. The van der Waals surface area contributed by atoms with Crippen molar-refractivity contribution < 1.29 is 13.9 Å². The number of unbranched alkanes of at least 4 members (excludes halogenated alkanes) is 2. The van der Waals surface area contributed by atoms with Crippen LogP contribution in [0.1, 0.15) is 38.2 Å². The van der Waals surface area contributed by atoms with Gasteiger partial charge in [-0.2, -0.15) is 0 Å². The van der Waals surface area contributed by atoms with E-state index in [9.17, 15) is 9.18 Å². The first-order chi connectivity index (χ1) is 9.67. The van der Waals surface area contributed by atoms with Crippen LogP contribution in [-0.2, 0) is 9.53 Å². The fourth-order valence-electron chi connectivity index (χ4n) is 1.89. The summed E-state index contributed by atoms with van der Waals surface area (Å²) in [5.41, 5.74) is 1.88. The van der Waals surface area contributed by atoms with Crippen molar-refractivity contribution >= 4 is 11.5 Å². The van der Waals surface area contributed by atoms with Gasteiger partial charge in [-0.15, -0.1) is 0 Å². The zero-order valence-corrected chi connectivity index (χ0v) is 12.1. The lowest BCUT2D eigenvalue weighted by molar-refractivity contribution is -0.134. The second-order valence-corrected chi connectivity index (χ2v) is 4.54. The largest absolute Gasteiger partial charge is 0.466 e. The molecule has 0 aliphatic rings. The molecule has 3 heteroatoms. The van der Waals surface area contributed by atoms with E-state index >= 15 is 0 Å². The van der Waals surface area contributed by atoms with Gasteiger partial charge in [-0.05, 0) is 36.1 Å². The van der Waals surface area contributed by atoms with Crippen molar-refractivity contribution in [2.45, 2.75) is 32.6 Å². The summed E-state index contributed by atoms with van der Waals surface area (Å²) < 4.78 is 17.8. The molecule has 1 aromatic carbocycles. The van der Waals surface area contributed by atoms with E-state index in [-0.39, 0.29) is 5.82 Å². The lowest BCUT2D eigenvalue weighted by Gasteiger charge is -2.07. The Morgan fingerprint density at radius 3 is 2.80 bits per heavy atom. The molecule has 1 rings (SSSR count). The minimum atomic E-state index is -0.395. The van der Waals surface area contributed by atoms with Crippen molar-refractivity contribution in [3.8, 4) is 0 Å². The van der Waals surface area contributed by atoms with Crippen LogP contribution < -0.4 is 0 Å². The zero-order chi connectivity index (χ0) is 14.8. The van der Waals surface area contributed by atoms with Gasteiger partial charge >= 0.3 is 5.97 Å². The maximum atomic E-state index is 13.3. The molecule has 0 heterocycles. The third-order valence-corrected chi connectivity index (χ3v) is 2.98. The van der Waals surface area contributed by atoms with Gasteiger partial charge in [-0.1, -0.05) is 44.1 Å². The van der Waals surface area contributed by atoms with Crippen molar-refractivity contribution in [2.24, 2.45) is 0 Å². The Morgan fingerprint density at radius 2 is 2.15 bits per heavy atom. The molecule has 0 unspecified atom stereocenters. The van der Waals surface area contributed by atoms with E-state index in [1.54, 1.807) is 12.1 Å². The first-order valence-corrected chi connectivity index (χ1v) is 6.88. The van der Waals surface area contributed by atoms with Crippen LogP contribution in [0.2, 0.25) is 0 Å². The first-order valence-electron chi connectivity index (χ1n) is 6.88. The molecule has 0 aromatic heterocycles. The van der Waals surface area contributed by atoms with Crippen molar-refractivity contribution in [3.05, 3.63) is 53.9 Å². The van der Waals surface area contributed by atoms with Gasteiger partial charge in [0.05, 0.1) is 7.11 Å². The van der Waals surface area contributed by atoms with Gasteiger partial charge < -0.3 is 4.74 Å². The van der Waals surface area contributed by atoms with Gasteiger partial charge in [0.1, 0.15) is 5.82 Å². The summed E-state index contributed by atoms with van der Waals surface area (Å²) in [5, 5.41) is 0. The van der Waals surface area contributed by atoms with Gasteiger partial charge in [0.15, 0.2) is 0 Å². The molecule has 0 saturated carbocycles. The molecular weight excluding hydrogens is 255 g/mol. The van der Waals surface area contributed by atoms with E-state index in [1.165, 1.54) is 25.3 Å². The molecule has 20 heavy (non-hydrogen) atoms. The van der Waals surface area contributed by atoms with Crippen LogP contribution in [-0.4, -0.2) is 13.1 Å². The maximum absolute atomic E-state index is 13.3. The quantitative estimate of drug-likeness (QED) is 0.317. The Hall–Kier alpha value is -1.90. The van der Waals surface area contributed by atoms with E-state index in [0.29, 0.717) is 0 Å². The Labute approximate surface area is 120 Å². The van der Waals surface area contributed by atoms with E-state index < -0.39 is 5.97 Å². The van der Waals surface area contributed by atoms with E-state index in [0.717, 1.165) is 36.8 Å². The number of hydrogen-bond acceptors (Lipinski definition) is 2. The molecular formula is C17H21FO2. The number of methoxy groups -OCH3 is 1. The fourth-order valence-corrected chi connectivity index (χ4v) is 1.89. The number of carbonyl (C=O) groups is 1. The Morgan fingerprint density at radius 1 is 1.35 bits per heavy atom. The summed E-state index contributed by atoms with van der Waals surface area (Å²) in [6, 6.07) is 6.52. The predicted molar refractivity (Wildman–Crippen MR) is 79.7 cm³/mol. The topological polar surface area (TPSA) is 26.3 Å². The molecule has 0 bridgehead atoms. The van der Waals surface area contributed by atoms with E-state index in [1.807, 2.05) is 12.1 Å². The molecule has 0 aliphatic heterocycles. The van der Waals surface area contributed by atoms with Crippen molar-refractivity contribution in [1.82, 2.24) is 0 Å². The second kappa shape index (κ2) is 9.08. The lowest BCUT2D eigenvalue weighted by Crippen LogP contribution is -1.93. The number of hydrogen-bond donors (Lipinski definition) is 0. The lowest BCUT2D eigenvalue weighted by atomic mass is 9.99. The number of rotatable bonds is 7. The Balaban J connectivity index is 2.87. The minimum absolute atomic E-state index is 0.249. The number of allylic oxidation sites excluding steroid dienone is 3. The van der Waals surface area contributed by atoms with Crippen LogP contribution in [0.4, 0.5) is 4.39 Å². The number of esters is 1. The smallest absolute Gasteiger partial charge is 0.330 e. The summed E-state index contributed by atoms with van der Waals surface area (Å²) in [6.07, 6.45) is 9.04. The van der Waals surface area contributed by atoms with Gasteiger partial charge in [0.25, 0.3) is 0 Å². The molecule has 108 valence electrons. The van der Waals surface area contributed by atoms with Crippen molar-refractivity contribution in [1.29, 1.82) is 0 Å². The van der Waals surface area contributed by atoms with Gasteiger partial charge in [-0.3, -0.25) is 0 Å². The summed E-state index contributed by atoms with van der Waals surface area (Å²) in [4.78, 5) is 11.0. The Bertz CT molecular complexity index is 490. The minimum Gasteiger partial charge on any atom is -0.466 e. The predicted octanol–water partition coefficient (Wildman–Crippen LogP) is 4.52. The summed E-state index contributed by atoms with van der Waals surface area (Å²) >= 11 is 0. The number of benzene rings is 1. The monoisotopic (exact) mass is 276 g/mol. The van der Waals surface area contributed by atoms with Crippen LogP contribution in [0.25, 0.3) is 5.57 Å². The molecule has 0 N–H and O–H groups in total. The highest BCUT2D eigenvalue weighted by atomic mass is 19.1. The van der Waals surface area contributed by atoms with Crippen LogP contribution >= 0.6 is 0 Å². The van der Waals surface area contributed by atoms with Gasteiger partial charge in [0.2, 0.25) is 0 Å². The molecule has 0 atom stereocenters. The van der Waals surface area contributed by atoms with Gasteiger partial charge in [-0.25, -0.2) is 9.18 Å². The van der Waals surface area contributed by atoms with Crippen LogP contribution in [0.3, 0.4) is 0 Å². The summed E-state index contributed by atoms with van der Waals surface area (Å²) in [6.45, 7) is 2.14. The highest BCUT2D eigenvalue weighted by molar-refractivity contribution is 5.82. The standard InChI is InChI=1S/C17H21FO2/c1-3-4-5-8-14(9-7-12-17(19)20-2)15-10-6-11-16(18)13-15/h6-7,9-13H,3-5,8H2,1-2H3. The second-order valence-electron chi connectivity index (χ2n) is 4.54. The highest BCUT2D eigenvalue weighted by Crippen LogP contribution is 2.22. The summed E-state index contributed by atoms with van der Waals surface area (Å²) in [5.74, 6) is -0.644. The first kappa shape index (κ1) is 16.2. The normalized spacial score (nSPS) is 11.8. The highest BCUT2D eigenvalue weighted by Gasteiger charge is 2.02. The number of carbonyl (C=O) groups excluding carboxylic acids is 1. The molecule has 1 aromatic rings. The molecule has 0 fully saturated rings. The van der Waals surface area contributed by atoms with Gasteiger partial charge in [0, 0.05) is 6.08 Å². The summed E-state index contributed by atoms with van der Waals surface area (Å²) in [7, 11) is 1.34. The molecule has 0 amide bonds. The van der Waals surface area contributed by atoms with Crippen LogP contribution in [0, 0.1) is 5.82 Å². The zero-order valence-electron chi connectivity index (χ0n) is 12.1. The Kier molecular flexibility index (Phi) is 7.33. The van der Waals surface area contributed by atoms with Crippen molar-refractivity contribution in [3.63, 3.8) is 0 Å². The maximum Gasteiger partial charge on any atom is 0.330 e. The fraction of sp³-hybridized carbons (Fsp3) is 0.353. The number of halogens is 1.